The number of halogens is 1. The number of aliphatic hydroxyl groups is 1. The number of rotatable bonds is 5. The maximum atomic E-state index is 14.1. The van der Waals surface area contributed by atoms with Gasteiger partial charge in [-0.3, -0.25) is 9.69 Å². The quantitative estimate of drug-likeness (QED) is 0.647. The van der Waals surface area contributed by atoms with Crippen LogP contribution in [-0.4, -0.2) is 42.0 Å². The van der Waals surface area contributed by atoms with Crippen LogP contribution in [0.1, 0.15) is 27.7 Å². The molecule has 0 bridgehead atoms. The van der Waals surface area contributed by atoms with E-state index in [0.29, 0.717) is 0 Å². The number of esters is 1. The minimum Gasteiger partial charge on any atom is -0.481 e. The molecule has 1 aliphatic rings. The molecule has 0 aliphatic carbocycles. The van der Waals surface area contributed by atoms with Crippen LogP contribution in [0.2, 0.25) is 0 Å². The number of ether oxygens (including phenoxy) is 3. The molecule has 8 heteroatoms. The van der Waals surface area contributed by atoms with E-state index in [2.05, 4.69) is 0 Å². The largest absolute Gasteiger partial charge is 0.481 e. The maximum absolute atomic E-state index is 14.1. The van der Waals surface area contributed by atoms with E-state index in [1.165, 1.54) is 31.7 Å². The molecule has 7 nitrogen and oxygen atoms in total. The van der Waals surface area contributed by atoms with Crippen molar-refractivity contribution in [1.29, 1.82) is 0 Å². The number of hydrogen-bond acceptors (Lipinski definition) is 6. The van der Waals surface area contributed by atoms with Crippen LogP contribution in [0.25, 0.3) is 0 Å². The van der Waals surface area contributed by atoms with E-state index in [-0.39, 0.29) is 30.4 Å². The van der Waals surface area contributed by atoms with Crippen molar-refractivity contribution in [3.8, 4) is 11.5 Å². The molecule has 132 valence electrons. The Morgan fingerprint density at radius 1 is 1.50 bits per heavy atom. The number of hydrogen-bond donors (Lipinski definition) is 1. The predicted molar refractivity (Wildman–Crippen MR) is 82.4 cm³/mol. The molecule has 1 aliphatic heterocycles. The van der Waals surface area contributed by atoms with Crippen molar-refractivity contribution in [3.63, 3.8) is 0 Å². The number of fused-ring (bicyclic) bond motifs is 1. The van der Waals surface area contributed by atoms with Crippen molar-refractivity contribution in [3.05, 3.63) is 17.9 Å². The molecule has 1 aromatic rings. The summed E-state index contributed by atoms with van der Waals surface area (Å²) in [6, 6.07) is 1.35. The Balaban J connectivity index is 2.45. The van der Waals surface area contributed by atoms with Gasteiger partial charge in [0.25, 0.3) is 5.91 Å². The van der Waals surface area contributed by atoms with E-state index in [9.17, 15) is 19.1 Å². The Morgan fingerprint density at radius 3 is 2.75 bits per heavy atom. The van der Waals surface area contributed by atoms with E-state index in [0.717, 1.165) is 6.07 Å². The molecule has 1 heterocycles. The maximum Gasteiger partial charge on any atom is 0.328 e. The highest BCUT2D eigenvalue weighted by molar-refractivity contribution is 6.02. The molecule has 1 N–H and O–H groups in total. The van der Waals surface area contributed by atoms with Crippen LogP contribution in [-0.2, 0) is 14.3 Å². The van der Waals surface area contributed by atoms with Gasteiger partial charge < -0.3 is 19.3 Å². The van der Waals surface area contributed by atoms with Gasteiger partial charge in [-0.25, -0.2) is 9.18 Å². The fourth-order valence-corrected chi connectivity index (χ4v) is 2.31. The molecule has 0 saturated heterocycles. The van der Waals surface area contributed by atoms with E-state index in [1.54, 1.807) is 6.92 Å². The third-order valence-electron chi connectivity index (χ3n) is 3.27. The van der Waals surface area contributed by atoms with E-state index in [4.69, 9.17) is 14.2 Å². The van der Waals surface area contributed by atoms with Gasteiger partial charge in [0.05, 0.1) is 12.3 Å². The summed E-state index contributed by atoms with van der Waals surface area (Å²) in [5, 5.41) is 9.71. The van der Waals surface area contributed by atoms with Crippen LogP contribution < -0.4 is 14.4 Å². The van der Waals surface area contributed by atoms with Crippen LogP contribution in [0, 0.1) is 5.82 Å². The van der Waals surface area contributed by atoms with Crippen LogP contribution in [0.15, 0.2) is 12.1 Å². The number of amides is 1. The van der Waals surface area contributed by atoms with E-state index >= 15 is 0 Å². The second kappa shape index (κ2) is 6.64. The molecule has 0 radical (unpaired) electrons. The van der Waals surface area contributed by atoms with Crippen molar-refractivity contribution in [1.82, 2.24) is 0 Å². The summed E-state index contributed by atoms with van der Waals surface area (Å²) < 4.78 is 29.4. The number of anilines is 1. The Kier molecular flexibility index (Phi) is 4.98. The van der Waals surface area contributed by atoms with Gasteiger partial charge in [-0.15, -0.1) is 0 Å². The lowest BCUT2D eigenvalue weighted by molar-refractivity contribution is -0.145. The third kappa shape index (κ3) is 3.76. The lowest BCUT2D eigenvalue weighted by Crippen LogP contribution is -2.48. The van der Waals surface area contributed by atoms with Gasteiger partial charge in [-0.1, -0.05) is 0 Å². The molecule has 0 saturated carbocycles. The summed E-state index contributed by atoms with van der Waals surface area (Å²) in [7, 11) is 0. The highest BCUT2D eigenvalue weighted by Gasteiger charge is 2.35. The fraction of sp³-hybridized carbons (Fsp3) is 0.500. The lowest BCUT2D eigenvalue weighted by Gasteiger charge is -2.33. The topological polar surface area (TPSA) is 85.3 Å². The molecule has 2 rings (SSSR count). The van der Waals surface area contributed by atoms with E-state index in [1.807, 2.05) is 0 Å². The molecule has 0 spiro atoms. The highest BCUT2D eigenvalue weighted by atomic mass is 19.1. The molecule has 0 fully saturated rings. The molecule has 1 unspecified atom stereocenters. The zero-order valence-electron chi connectivity index (χ0n) is 14.0. The minimum absolute atomic E-state index is 0.103. The van der Waals surface area contributed by atoms with Gasteiger partial charge in [0.15, 0.2) is 18.2 Å². The van der Waals surface area contributed by atoms with Crippen molar-refractivity contribution < 1.29 is 33.3 Å². The van der Waals surface area contributed by atoms with Crippen molar-refractivity contribution in [2.75, 3.05) is 18.1 Å². The average Bonchev–Trinajstić information content (AvgIpc) is 2.47. The smallest absolute Gasteiger partial charge is 0.328 e. The van der Waals surface area contributed by atoms with Gasteiger partial charge in [-0.05, 0) is 13.8 Å². The van der Waals surface area contributed by atoms with Crippen LogP contribution in [0.4, 0.5) is 10.1 Å². The average molecular weight is 341 g/mol. The fourth-order valence-electron chi connectivity index (χ4n) is 2.31. The number of carbonyl (C=O) groups excluding carboxylic acids is 2. The summed E-state index contributed by atoms with van der Waals surface area (Å²) in [5.41, 5.74) is 0.174. The van der Waals surface area contributed by atoms with Crippen molar-refractivity contribution >= 4 is 17.6 Å². The second-order valence-corrected chi connectivity index (χ2v) is 5.78. The van der Waals surface area contributed by atoms with Gasteiger partial charge in [0, 0.05) is 26.0 Å². The lowest BCUT2D eigenvalue weighted by atomic mass is 10.1. The van der Waals surface area contributed by atoms with Gasteiger partial charge in [0.1, 0.15) is 11.8 Å². The molecule has 1 atom stereocenters. The Morgan fingerprint density at radius 2 is 2.17 bits per heavy atom. The van der Waals surface area contributed by atoms with Crippen molar-refractivity contribution in [2.45, 2.75) is 39.5 Å². The highest BCUT2D eigenvalue weighted by Crippen LogP contribution is 2.39. The molecule has 0 aromatic heterocycles. The molecular weight excluding hydrogens is 321 g/mol. The summed E-state index contributed by atoms with van der Waals surface area (Å²) in [6.07, 6.45) is 0. The number of nitrogens with zero attached hydrogens (tertiary/aromatic N) is 1. The first kappa shape index (κ1) is 18.0. The van der Waals surface area contributed by atoms with Gasteiger partial charge in [-0.2, -0.15) is 0 Å². The standard InChI is InChI=1S/C16H20FNO6/c1-5-22-15(20)9(2)18-11-7-12(24-16(3,4)21)10(17)6-13(11)23-8-14(18)19/h6-7,9,21H,5,8H2,1-4H3. The van der Waals surface area contributed by atoms with Gasteiger partial charge >= 0.3 is 5.97 Å². The summed E-state index contributed by atoms with van der Waals surface area (Å²) in [6.45, 7) is 5.70. The predicted octanol–water partition coefficient (Wildman–Crippen LogP) is 1.61. The summed E-state index contributed by atoms with van der Waals surface area (Å²) in [4.78, 5) is 25.3. The Hall–Kier alpha value is -2.35. The van der Waals surface area contributed by atoms with Gasteiger partial charge in [0.2, 0.25) is 5.79 Å². The van der Waals surface area contributed by atoms with Crippen molar-refractivity contribution in [2.24, 2.45) is 0 Å². The molecule has 24 heavy (non-hydrogen) atoms. The third-order valence-corrected chi connectivity index (χ3v) is 3.27. The van der Waals surface area contributed by atoms with Crippen LogP contribution in [0.5, 0.6) is 11.5 Å². The Bertz CT molecular complexity index is 655. The first-order valence-electron chi connectivity index (χ1n) is 7.50. The van der Waals surface area contributed by atoms with Crippen LogP contribution >= 0.6 is 0 Å². The molecule has 1 amide bonds. The normalized spacial score (nSPS) is 15.4. The zero-order valence-corrected chi connectivity index (χ0v) is 14.0. The summed E-state index contributed by atoms with van der Waals surface area (Å²) >= 11 is 0. The van der Waals surface area contributed by atoms with Crippen LogP contribution in [0.3, 0.4) is 0 Å². The number of carbonyl (C=O) groups is 2. The molecular formula is C16H20FNO6. The Labute approximate surface area is 138 Å². The first-order chi connectivity index (χ1) is 11.1. The summed E-state index contributed by atoms with van der Waals surface area (Å²) in [5.74, 6) is -3.59. The monoisotopic (exact) mass is 341 g/mol. The second-order valence-electron chi connectivity index (χ2n) is 5.78. The molecule has 1 aromatic carbocycles. The zero-order chi connectivity index (χ0) is 18.1. The van der Waals surface area contributed by atoms with E-state index < -0.39 is 29.5 Å². The first-order valence-corrected chi connectivity index (χ1v) is 7.50. The number of benzene rings is 1. The minimum atomic E-state index is -1.62. The SMILES string of the molecule is CCOC(=O)C(C)N1C(=O)COc2cc(F)c(OC(C)(C)O)cc21.